The number of aryl methyl sites for hydroxylation is 1. The molecule has 1 atom stereocenters. The third-order valence-electron chi connectivity index (χ3n) is 4.93. The van der Waals surface area contributed by atoms with Crippen LogP contribution in [0.1, 0.15) is 53.8 Å². The van der Waals surface area contributed by atoms with Crippen LogP contribution in [-0.4, -0.2) is 34.6 Å². The number of rotatable bonds is 7. The minimum Gasteiger partial charge on any atom is -0.468 e. The van der Waals surface area contributed by atoms with E-state index in [1.807, 2.05) is 0 Å². The van der Waals surface area contributed by atoms with Crippen molar-refractivity contribution in [2.24, 2.45) is 5.92 Å². The molecule has 31 heavy (non-hydrogen) atoms. The Morgan fingerprint density at radius 1 is 1.26 bits per heavy atom. The van der Waals surface area contributed by atoms with Gasteiger partial charge in [-0.1, -0.05) is 12.5 Å². The van der Waals surface area contributed by atoms with E-state index < -0.39 is 18.8 Å². The fourth-order valence-corrected chi connectivity index (χ4v) is 3.01. The zero-order valence-corrected chi connectivity index (χ0v) is 17.1. The summed E-state index contributed by atoms with van der Waals surface area (Å²) in [6.07, 6.45) is -0.346. The summed E-state index contributed by atoms with van der Waals surface area (Å²) in [5, 5.41) is 5.56. The lowest BCUT2D eigenvalue weighted by atomic mass is 9.85. The Balaban J connectivity index is 1.61. The SMILES string of the molecule is Cc1cc(C(=O)NC(C)c2ccc(OCC(F)(F)F)nc2)cc(NC(=O)C2CCC2)n1. The highest BCUT2D eigenvalue weighted by Crippen LogP contribution is 2.27. The Morgan fingerprint density at radius 2 is 2.00 bits per heavy atom. The van der Waals surface area contributed by atoms with Crippen LogP contribution in [0.25, 0.3) is 0 Å². The highest BCUT2D eigenvalue weighted by atomic mass is 19.4. The molecule has 0 aromatic carbocycles. The first-order chi connectivity index (χ1) is 14.6. The van der Waals surface area contributed by atoms with Gasteiger partial charge in [-0.3, -0.25) is 9.59 Å². The summed E-state index contributed by atoms with van der Waals surface area (Å²) >= 11 is 0. The Kier molecular flexibility index (Phi) is 6.77. The van der Waals surface area contributed by atoms with E-state index in [4.69, 9.17) is 0 Å². The first kappa shape index (κ1) is 22.5. The Labute approximate surface area is 177 Å². The van der Waals surface area contributed by atoms with Crippen LogP contribution in [0.4, 0.5) is 19.0 Å². The molecule has 2 heterocycles. The number of pyridine rings is 2. The van der Waals surface area contributed by atoms with Crippen molar-refractivity contribution >= 4 is 17.6 Å². The molecule has 1 aliphatic carbocycles. The number of anilines is 1. The summed E-state index contributed by atoms with van der Waals surface area (Å²) in [4.78, 5) is 32.9. The number of nitrogens with zero attached hydrogens (tertiary/aromatic N) is 2. The van der Waals surface area contributed by atoms with E-state index in [0.29, 0.717) is 22.6 Å². The van der Waals surface area contributed by atoms with Crippen molar-refractivity contribution in [1.82, 2.24) is 15.3 Å². The van der Waals surface area contributed by atoms with Gasteiger partial charge in [0.1, 0.15) is 5.82 Å². The highest BCUT2D eigenvalue weighted by Gasteiger charge is 2.28. The first-order valence-corrected chi connectivity index (χ1v) is 9.86. The number of halogens is 3. The van der Waals surface area contributed by atoms with Gasteiger partial charge in [-0.05, 0) is 44.4 Å². The van der Waals surface area contributed by atoms with Gasteiger partial charge in [-0.25, -0.2) is 9.97 Å². The minimum atomic E-state index is -4.44. The largest absolute Gasteiger partial charge is 0.468 e. The van der Waals surface area contributed by atoms with Crippen LogP contribution in [0.15, 0.2) is 30.5 Å². The Morgan fingerprint density at radius 3 is 2.58 bits per heavy atom. The lowest BCUT2D eigenvalue weighted by Gasteiger charge is -2.24. The van der Waals surface area contributed by atoms with Crippen molar-refractivity contribution < 1.29 is 27.5 Å². The maximum Gasteiger partial charge on any atom is 0.422 e. The van der Waals surface area contributed by atoms with E-state index in [1.165, 1.54) is 24.4 Å². The number of hydrogen-bond acceptors (Lipinski definition) is 5. The zero-order chi connectivity index (χ0) is 22.6. The summed E-state index contributed by atoms with van der Waals surface area (Å²) in [6, 6.07) is 5.50. The molecule has 0 radical (unpaired) electrons. The molecule has 0 bridgehead atoms. The topological polar surface area (TPSA) is 93.2 Å². The predicted molar refractivity (Wildman–Crippen MR) is 107 cm³/mol. The summed E-state index contributed by atoms with van der Waals surface area (Å²) in [5.41, 5.74) is 1.51. The molecule has 1 fully saturated rings. The van der Waals surface area contributed by atoms with Gasteiger partial charge in [0.25, 0.3) is 5.91 Å². The average Bonchev–Trinajstić information content (AvgIpc) is 2.64. The van der Waals surface area contributed by atoms with Crippen LogP contribution in [0.2, 0.25) is 0 Å². The first-order valence-electron chi connectivity index (χ1n) is 9.86. The fourth-order valence-electron chi connectivity index (χ4n) is 3.01. The molecule has 166 valence electrons. The van der Waals surface area contributed by atoms with E-state index in [0.717, 1.165) is 19.3 Å². The fraction of sp³-hybridized carbons (Fsp3) is 0.429. The molecule has 7 nitrogen and oxygen atoms in total. The maximum atomic E-state index is 12.7. The summed E-state index contributed by atoms with van der Waals surface area (Å²) in [5.74, 6) is -0.313. The van der Waals surface area contributed by atoms with Crippen molar-refractivity contribution in [2.75, 3.05) is 11.9 Å². The van der Waals surface area contributed by atoms with Crippen molar-refractivity contribution in [3.8, 4) is 5.88 Å². The average molecular weight is 436 g/mol. The molecular formula is C21H23F3N4O3. The van der Waals surface area contributed by atoms with Crippen molar-refractivity contribution in [3.05, 3.63) is 47.3 Å². The molecule has 10 heteroatoms. The van der Waals surface area contributed by atoms with Gasteiger partial charge >= 0.3 is 6.18 Å². The van der Waals surface area contributed by atoms with Gasteiger partial charge in [0.05, 0.1) is 6.04 Å². The molecule has 2 aromatic heterocycles. The van der Waals surface area contributed by atoms with Gasteiger partial charge in [0.2, 0.25) is 11.8 Å². The number of amides is 2. The summed E-state index contributed by atoms with van der Waals surface area (Å²) in [7, 11) is 0. The van der Waals surface area contributed by atoms with Crippen LogP contribution in [0, 0.1) is 12.8 Å². The Hall–Kier alpha value is -3.17. The van der Waals surface area contributed by atoms with E-state index >= 15 is 0 Å². The number of alkyl halides is 3. The maximum absolute atomic E-state index is 12.7. The molecule has 3 rings (SSSR count). The van der Waals surface area contributed by atoms with Crippen molar-refractivity contribution in [1.29, 1.82) is 0 Å². The molecule has 0 spiro atoms. The third-order valence-corrected chi connectivity index (χ3v) is 4.93. The molecule has 1 aliphatic rings. The standard InChI is InChI=1S/C21H23F3N4O3/c1-12-8-16(9-17(26-12)28-19(29)14-4-3-5-14)20(30)27-13(2)15-6-7-18(25-10-15)31-11-21(22,23)24/h6-10,13-14H,3-5,11H2,1-2H3,(H,27,30)(H,26,28,29). The van der Waals surface area contributed by atoms with Gasteiger partial charge < -0.3 is 15.4 Å². The highest BCUT2D eigenvalue weighted by molar-refractivity contribution is 5.97. The Bertz CT molecular complexity index is 944. The quantitative estimate of drug-likeness (QED) is 0.686. The predicted octanol–water partition coefficient (Wildman–Crippen LogP) is 3.96. The number of carbonyl (C=O) groups excluding carboxylic acids is 2. The van der Waals surface area contributed by atoms with Gasteiger partial charge in [-0.15, -0.1) is 0 Å². The van der Waals surface area contributed by atoms with E-state index in [1.54, 1.807) is 19.9 Å². The van der Waals surface area contributed by atoms with Gasteiger partial charge in [-0.2, -0.15) is 13.2 Å². The van der Waals surface area contributed by atoms with Crippen LogP contribution < -0.4 is 15.4 Å². The number of nitrogens with one attached hydrogen (secondary N) is 2. The van der Waals surface area contributed by atoms with Crippen molar-refractivity contribution in [3.63, 3.8) is 0 Å². The van der Waals surface area contributed by atoms with Crippen LogP contribution in [0.3, 0.4) is 0 Å². The molecule has 2 amide bonds. The monoisotopic (exact) mass is 436 g/mol. The van der Waals surface area contributed by atoms with Gasteiger partial charge in [0.15, 0.2) is 6.61 Å². The molecule has 0 aliphatic heterocycles. The van der Waals surface area contributed by atoms with E-state index in [2.05, 4.69) is 25.3 Å². The van der Waals surface area contributed by atoms with Crippen LogP contribution in [0.5, 0.6) is 5.88 Å². The number of hydrogen-bond donors (Lipinski definition) is 2. The lowest BCUT2D eigenvalue weighted by molar-refractivity contribution is -0.154. The molecule has 2 N–H and O–H groups in total. The molecule has 2 aromatic rings. The van der Waals surface area contributed by atoms with Crippen molar-refractivity contribution in [2.45, 2.75) is 45.3 Å². The minimum absolute atomic E-state index is 0.00445. The molecule has 1 saturated carbocycles. The second-order valence-corrected chi connectivity index (χ2v) is 7.53. The summed E-state index contributed by atoms with van der Waals surface area (Å²) in [6.45, 7) is 2.02. The number of aromatic nitrogens is 2. The second kappa shape index (κ2) is 9.32. The smallest absolute Gasteiger partial charge is 0.422 e. The number of carbonyl (C=O) groups is 2. The number of ether oxygens (including phenoxy) is 1. The lowest BCUT2D eigenvalue weighted by Crippen LogP contribution is -2.29. The van der Waals surface area contributed by atoms with Crippen LogP contribution in [-0.2, 0) is 4.79 Å². The van der Waals surface area contributed by atoms with E-state index in [9.17, 15) is 22.8 Å². The van der Waals surface area contributed by atoms with Crippen LogP contribution >= 0.6 is 0 Å². The molecular weight excluding hydrogens is 413 g/mol. The molecule has 0 saturated heterocycles. The summed E-state index contributed by atoms with van der Waals surface area (Å²) < 4.78 is 41.2. The third kappa shape index (κ3) is 6.40. The zero-order valence-electron chi connectivity index (χ0n) is 17.1. The van der Waals surface area contributed by atoms with E-state index in [-0.39, 0.29) is 23.6 Å². The van der Waals surface area contributed by atoms with Gasteiger partial charge in [0, 0.05) is 29.4 Å². The second-order valence-electron chi connectivity index (χ2n) is 7.53. The normalized spacial score (nSPS) is 15.0. The molecule has 1 unspecified atom stereocenters.